The molecule has 1 fully saturated rings. The summed E-state index contributed by atoms with van der Waals surface area (Å²) in [7, 11) is -3.47. The van der Waals surface area contributed by atoms with E-state index in [-0.39, 0.29) is 10.6 Å². The quantitative estimate of drug-likeness (QED) is 0.865. The van der Waals surface area contributed by atoms with Crippen LogP contribution < -0.4 is 4.72 Å². The molecule has 1 aliphatic carbocycles. The van der Waals surface area contributed by atoms with E-state index in [9.17, 15) is 8.42 Å². The molecule has 0 radical (unpaired) electrons. The molecule has 17 heavy (non-hydrogen) atoms. The van der Waals surface area contributed by atoms with E-state index in [1.54, 1.807) is 6.92 Å². The molecule has 0 aromatic carbocycles. The Morgan fingerprint density at radius 2 is 2.00 bits per heavy atom. The van der Waals surface area contributed by atoms with Gasteiger partial charge in [0.1, 0.15) is 5.82 Å². The molecule has 1 aromatic heterocycles. The smallest absolute Gasteiger partial charge is 0.258 e. The van der Waals surface area contributed by atoms with Crippen molar-refractivity contribution in [3.63, 3.8) is 0 Å². The summed E-state index contributed by atoms with van der Waals surface area (Å²) >= 11 is 0. The third-order valence-electron chi connectivity index (χ3n) is 3.31. The number of aromatic nitrogens is 2. The van der Waals surface area contributed by atoms with Crippen LogP contribution in [0.3, 0.4) is 0 Å². The van der Waals surface area contributed by atoms with Crippen LogP contribution in [0.2, 0.25) is 0 Å². The molecule has 5 nitrogen and oxygen atoms in total. The van der Waals surface area contributed by atoms with Gasteiger partial charge in [-0.2, -0.15) is 0 Å². The molecule has 0 atom stereocenters. The molecule has 0 spiro atoms. The van der Waals surface area contributed by atoms with Crippen molar-refractivity contribution in [1.82, 2.24) is 14.7 Å². The number of nitrogens with one attached hydrogen (secondary N) is 2. The normalized spacial score (nSPS) is 20.4. The zero-order valence-electron chi connectivity index (χ0n) is 10.3. The summed E-state index contributed by atoms with van der Waals surface area (Å²) in [6.07, 6.45) is 6.53. The number of aromatic amines is 1. The fourth-order valence-electron chi connectivity index (χ4n) is 2.35. The lowest BCUT2D eigenvalue weighted by molar-refractivity contribution is 0.293. The number of imidazole rings is 1. The van der Waals surface area contributed by atoms with E-state index < -0.39 is 10.0 Å². The maximum Gasteiger partial charge on any atom is 0.258 e. The Balaban J connectivity index is 2.17. The van der Waals surface area contributed by atoms with Crippen LogP contribution in [-0.2, 0) is 10.0 Å². The Kier molecular flexibility index (Phi) is 3.27. The molecule has 1 aliphatic rings. The molecule has 2 N–H and O–H groups in total. The maximum absolute atomic E-state index is 12.1. The van der Waals surface area contributed by atoms with Gasteiger partial charge in [0, 0.05) is 5.54 Å². The molecule has 1 aromatic rings. The molecular weight excluding hydrogens is 238 g/mol. The average molecular weight is 257 g/mol. The first-order valence-electron chi connectivity index (χ1n) is 5.97. The lowest BCUT2D eigenvalue weighted by Gasteiger charge is -2.33. The van der Waals surface area contributed by atoms with Gasteiger partial charge in [0.25, 0.3) is 10.0 Å². The van der Waals surface area contributed by atoms with Gasteiger partial charge in [-0.3, -0.25) is 0 Å². The summed E-state index contributed by atoms with van der Waals surface area (Å²) in [5.41, 5.74) is -0.309. The Morgan fingerprint density at radius 3 is 2.53 bits per heavy atom. The first-order chi connectivity index (χ1) is 7.91. The van der Waals surface area contributed by atoms with E-state index in [1.807, 2.05) is 6.92 Å². The zero-order chi connectivity index (χ0) is 12.5. The van der Waals surface area contributed by atoms with Gasteiger partial charge in [0.05, 0.1) is 6.20 Å². The molecule has 2 rings (SSSR count). The molecule has 0 aliphatic heterocycles. The minimum Gasteiger partial charge on any atom is -0.332 e. The fraction of sp³-hybridized carbons (Fsp3) is 0.727. The van der Waals surface area contributed by atoms with Crippen LogP contribution in [-0.4, -0.2) is 23.9 Å². The molecular formula is C11H19N3O2S. The topological polar surface area (TPSA) is 74.8 Å². The van der Waals surface area contributed by atoms with E-state index in [0.717, 1.165) is 25.7 Å². The maximum atomic E-state index is 12.1. The van der Waals surface area contributed by atoms with Crippen molar-refractivity contribution in [1.29, 1.82) is 0 Å². The minimum absolute atomic E-state index is 0.154. The minimum atomic E-state index is -3.47. The van der Waals surface area contributed by atoms with E-state index in [2.05, 4.69) is 14.7 Å². The summed E-state index contributed by atoms with van der Waals surface area (Å²) in [5.74, 6) is 0.610. The van der Waals surface area contributed by atoms with Crippen LogP contribution in [0.5, 0.6) is 0 Å². The molecule has 6 heteroatoms. The van der Waals surface area contributed by atoms with Crippen molar-refractivity contribution in [2.75, 3.05) is 0 Å². The van der Waals surface area contributed by atoms with Gasteiger partial charge in [-0.1, -0.05) is 19.3 Å². The van der Waals surface area contributed by atoms with Crippen LogP contribution in [0, 0.1) is 6.92 Å². The largest absolute Gasteiger partial charge is 0.332 e. The Labute approximate surface area is 102 Å². The van der Waals surface area contributed by atoms with Gasteiger partial charge in [-0.05, 0) is 26.7 Å². The number of hydrogen-bond acceptors (Lipinski definition) is 3. The van der Waals surface area contributed by atoms with Crippen LogP contribution in [0.25, 0.3) is 0 Å². The Morgan fingerprint density at radius 1 is 1.35 bits per heavy atom. The van der Waals surface area contributed by atoms with Crippen molar-refractivity contribution in [2.45, 2.75) is 56.5 Å². The van der Waals surface area contributed by atoms with Crippen molar-refractivity contribution in [3.8, 4) is 0 Å². The van der Waals surface area contributed by atoms with E-state index in [1.165, 1.54) is 12.6 Å². The van der Waals surface area contributed by atoms with Crippen molar-refractivity contribution in [3.05, 3.63) is 12.0 Å². The van der Waals surface area contributed by atoms with E-state index >= 15 is 0 Å². The van der Waals surface area contributed by atoms with Gasteiger partial charge in [0.2, 0.25) is 0 Å². The molecule has 96 valence electrons. The van der Waals surface area contributed by atoms with Gasteiger partial charge in [0.15, 0.2) is 5.03 Å². The van der Waals surface area contributed by atoms with Crippen LogP contribution in [0.4, 0.5) is 0 Å². The van der Waals surface area contributed by atoms with Gasteiger partial charge < -0.3 is 4.98 Å². The summed E-state index contributed by atoms with van der Waals surface area (Å²) in [5, 5.41) is 0.154. The fourth-order valence-corrected chi connectivity index (χ4v) is 3.78. The summed E-state index contributed by atoms with van der Waals surface area (Å²) in [6.45, 7) is 3.72. The molecule has 0 amide bonds. The first kappa shape index (κ1) is 12.6. The van der Waals surface area contributed by atoms with Crippen molar-refractivity contribution in [2.24, 2.45) is 0 Å². The molecule has 1 heterocycles. The number of nitrogens with zero attached hydrogens (tertiary/aromatic N) is 1. The highest BCUT2D eigenvalue weighted by molar-refractivity contribution is 7.89. The number of hydrogen-bond donors (Lipinski definition) is 2. The number of aryl methyl sites for hydroxylation is 1. The monoisotopic (exact) mass is 257 g/mol. The predicted octanol–water partition coefficient (Wildman–Crippen LogP) is 1.72. The van der Waals surface area contributed by atoms with Gasteiger partial charge in [-0.25, -0.2) is 18.1 Å². The van der Waals surface area contributed by atoms with Gasteiger partial charge >= 0.3 is 0 Å². The second kappa shape index (κ2) is 4.42. The number of H-pyrrole nitrogens is 1. The van der Waals surface area contributed by atoms with E-state index in [0.29, 0.717) is 5.82 Å². The van der Waals surface area contributed by atoms with Crippen molar-refractivity contribution < 1.29 is 8.42 Å². The lowest BCUT2D eigenvalue weighted by atomic mass is 9.84. The van der Waals surface area contributed by atoms with E-state index in [4.69, 9.17) is 0 Å². The standard InChI is InChI=1S/C11H19N3O2S/c1-9-12-8-10(13-9)17(15,16)14-11(2)6-4-3-5-7-11/h8,14H,3-7H2,1-2H3,(H,12,13). The highest BCUT2D eigenvalue weighted by Gasteiger charge is 2.32. The summed E-state index contributed by atoms with van der Waals surface area (Å²) < 4.78 is 27.1. The molecule has 1 saturated carbocycles. The lowest BCUT2D eigenvalue weighted by Crippen LogP contribution is -2.47. The summed E-state index contributed by atoms with van der Waals surface area (Å²) in [6, 6.07) is 0. The Bertz CT molecular complexity index is 487. The van der Waals surface area contributed by atoms with Gasteiger partial charge in [-0.15, -0.1) is 0 Å². The molecule has 0 bridgehead atoms. The average Bonchev–Trinajstić information content (AvgIpc) is 2.65. The first-order valence-corrected chi connectivity index (χ1v) is 7.45. The van der Waals surface area contributed by atoms with Crippen LogP contribution in [0.15, 0.2) is 11.2 Å². The number of sulfonamides is 1. The molecule has 0 unspecified atom stereocenters. The second-order valence-corrected chi connectivity index (χ2v) is 6.71. The SMILES string of the molecule is Cc1ncc(S(=O)(=O)NC2(C)CCCCC2)[nH]1. The second-order valence-electron chi connectivity index (χ2n) is 5.06. The van der Waals surface area contributed by atoms with Crippen LogP contribution >= 0.6 is 0 Å². The van der Waals surface area contributed by atoms with Crippen LogP contribution in [0.1, 0.15) is 44.9 Å². The third kappa shape index (κ3) is 2.87. The summed E-state index contributed by atoms with van der Waals surface area (Å²) in [4.78, 5) is 6.69. The predicted molar refractivity (Wildman–Crippen MR) is 65.1 cm³/mol. The number of rotatable bonds is 3. The molecule has 0 saturated heterocycles. The third-order valence-corrected chi connectivity index (χ3v) is 4.85. The highest BCUT2D eigenvalue weighted by atomic mass is 32.2. The highest BCUT2D eigenvalue weighted by Crippen LogP contribution is 2.29. The van der Waals surface area contributed by atoms with Crippen molar-refractivity contribution >= 4 is 10.0 Å². The Hall–Kier alpha value is -0.880. The zero-order valence-corrected chi connectivity index (χ0v) is 11.1.